The molecule has 21 heavy (non-hydrogen) atoms. The highest BCUT2D eigenvalue weighted by Gasteiger charge is 2.27. The standard InChI is InChI=1S/C14H17N3O3S/c1-8-10-12(17-4-3-9(5-17)6-20-2)15-7-16-13(10)21-11(8)14(18)19/h7,9H,3-6H2,1-2H3,(H,18,19). The van der Waals surface area contributed by atoms with E-state index >= 15 is 0 Å². The van der Waals surface area contributed by atoms with E-state index < -0.39 is 5.97 Å². The Labute approximate surface area is 126 Å². The minimum Gasteiger partial charge on any atom is -0.477 e. The third kappa shape index (κ3) is 2.47. The minimum atomic E-state index is -0.903. The average molecular weight is 307 g/mol. The molecule has 6 nitrogen and oxygen atoms in total. The van der Waals surface area contributed by atoms with Gasteiger partial charge in [0.2, 0.25) is 0 Å². The van der Waals surface area contributed by atoms with Gasteiger partial charge in [0.05, 0.1) is 12.0 Å². The summed E-state index contributed by atoms with van der Waals surface area (Å²) in [5.74, 6) is 0.442. The Balaban J connectivity index is 2.01. The van der Waals surface area contributed by atoms with Crippen LogP contribution in [-0.4, -0.2) is 47.8 Å². The van der Waals surface area contributed by atoms with Crippen LogP contribution in [0.2, 0.25) is 0 Å². The predicted molar refractivity (Wildman–Crippen MR) is 81.3 cm³/mol. The summed E-state index contributed by atoms with van der Waals surface area (Å²) in [5.41, 5.74) is 0.758. The Kier molecular flexibility index (Phi) is 3.77. The SMILES string of the molecule is COCC1CCN(c2ncnc3sc(C(=O)O)c(C)c23)C1. The summed E-state index contributed by atoms with van der Waals surface area (Å²) in [4.78, 5) is 23.2. The summed E-state index contributed by atoms with van der Waals surface area (Å²) in [7, 11) is 1.72. The molecule has 1 saturated heterocycles. The van der Waals surface area contributed by atoms with E-state index in [0.29, 0.717) is 10.8 Å². The number of carboxylic acid groups (broad SMARTS) is 1. The number of rotatable bonds is 4. The maximum atomic E-state index is 11.3. The van der Waals surface area contributed by atoms with Crippen LogP contribution < -0.4 is 4.90 Å². The first-order valence-electron chi connectivity index (χ1n) is 6.83. The number of ether oxygens (including phenoxy) is 1. The largest absolute Gasteiger partial charge is 0.477 e. The van der Waals surface area contributed by atoms with E-state index in [9.17, 15) is 9.90 Å². The summed E-state index contributed by atoms with van der Waals surface area (Å²) in [6.07, 6.45) is 2.58. The van der Waals surface area contributed by atoms with Gasteiger partial charge in [0.25, 0.3) is 0 Å². The Morgan fingerprint density at radius 2 is 2.38 bits per heavy atom. The number of hydrogen-bond donors (Lipinski definition) is 1. The van der Waals surface area contributed by atoms with Gasteiger partial charge in [-0.2, -0.15) is 0 Å². The lowest BCUT2D eigenvalue weighted by molar-refractivity contribution is 0.0701. The smallest absolute Gasteiger partial charge is 0.346 e. The molecule has 0 saturated carbocycles. The predicted octanol–water partition coefficient (Wildman–Crippen LogP) is 2.17. The average Bonchev–Trinajstić information content (AvgIpc) is 3.04. The molecular formula is C14H17N3O3S. The quantitative estimate of drug-likeness (QED) is 0.933. The van der Waals surface area contributed by atoms with Crippen molar-refractivity contribution in [1.82, 2.24) is 9.97 Å². The van der Waals surface area contributed by atoms with E-state index in [4.69, 9.17) is 4.74 Å². The number of anilines is 1. The van der Waals surface area contributed by atoms with Crippen molar-refractivity contribution in [2.75, 3.05) is 31.7 Å². The van der Waals surface area contributed by atoms with E-state index in [1.165, 1.54) is 17.7 Å². The van der Waals surface area contributed by atoms with Crippen molar-refractivity contribution >= 4 is 33.3 Å². The molecule has 7 heteroatoms. The van der Waals surface area contributed by atoms with Gasteiger partial charge < -0.3 is 14.7 Å². The van der Waals surface area contributed by atoms with Crippen LogP contribution in [0.15, 0.2) is 6.33 Å². The van der Waals surface area contributed by atoms with Crippen molar-refractivity contribution in [2.45, 2.75) is 13.3 Å². The molecule has 1 aliphatic heterocycles. The second-order valence-electron chi connectivity index (χ2n) is 5.29. The van der Waals surface area contributed by atoms with Crippen LogP contribution in [-0.2, 0) is 4.74 Å². The fourth-order valence-electron chi connectivity index (χ4n) is 2.89. The van der Waals surface area contributed by atoms with Gasteiger partial charge in [-0.05, 0) is 18.9 Å². The van der Waals surface area contributed by atoms with Crippen molar-refractivity contribution in [3.05, 3.63) is 16.8 Å². The van der Waals surface area contributed by atoms with Gasteiger partial charge >= 0.3 is 5.97 Å². The van der Waals surface area contributed by atoms with Crippen molar-refractivity contribution in [3.8, 4) is 0 Å². The molecule has 0 aliphatic carbocycles. The van der Waals surface area contributed by atoms with Crippen molar-refractivity contribution in [2.24, 2.45) is 5.92 Å². The molecule has 0 aromatic carbocycles. The maximum absolute atomic E-state index is 11.3. The second-order valence-corrected chi connectivity index (χ2v) is 6.29. The summed E-state index contributed by atoms with van der Waals surface area (Å²) in [6.45, 7) is 4.38. The van der Waals surface area contributed by atoms with E-state index in [-0.39, 0.29) is 0 Å². The lowest BCUT2D eigenvalue weighted by Crippen LogP contribution is -2.22. The number of fused-ring (bicyclic) bond motifs is 1. The van der Waals surface area contributed by atoms with Crippen LogP contribution in [0.25, 0.3) is 10.2 Å². The topological polar surface area (TPSA) is 75.5 Å². The Bertz CT molecular complexity index is 685. The monoisotopic (exact) mass is 307 g/mol. The zero-order chi connectivity index (χ0) is 15.0. The zero-order valence-corrected chi connectivity index (χ0v) is 12.8. The lowest BCUT2D eigenvalue weighted by atomic mass is 10.1. The first kappa shape index (κ1) is 14.2. The fraction of sp³-hybridized carbons (Fsp3) is 0.500. The number of aromatic nitrogens is 2. The maximum Gasteiger partial charge on any atom is 0.346 e. The molecule has 0 bridgehead atoms. The normalized spacial score (nSPS) is 18.6. The molecule has 1 aliphatic rings. The highest BCUT2D eigenvalue weighted by atomic mass is 32.1. The molecule has 3 heterocycles. The number of nitrogens with zero attached hydrogens (tertiary/aromatic N) is 3. The molecule has 0 spiro atoms. The number of carbonyl (C=O) groups is 1. The Morgan fingerprint density at radius 3 is 3.10 bits per heavy atom. The molecule has 112 valence electrons. The summed E-state index contributed by atoms with van der Waals surface area (Å²) in [6, 6.07) is 0. The number of methoxy groups -OCH3 is 1. The van der Waals surface area contributed by atoms with Crippen molar-refractivity contribution < 1.29 is 14.6 Å². The van der Waals surface area contributed by atoms with Crippen LogP contribution >= 0.6 is 11.3 Å². The molecule has 1 unspecified atom stereocenters. The molecule has 2 aromatic heterocycles. The number of aryl methyl sites for hydroxylation is 1. The molecule has 2 aromatic rings. The number of hydrogen-bond acceptors (Lipinski definition) is 6. The summed E-state index contributed by atoms with van der Waals surface area (Å²) < 4.78 is 5.22. The van der Waals surface area contributed by atoms with Crippen LogP contribution in [0.3, 0.4) is 0 Å². The Hall–Kier alpha value is -1.73. The van der Waals surface area contributed by atoms with E-state index in [1.807, 2.05) is 6.92 Å². The van der Waals surface area contributed by atoms with Crippen molar-refractivity contribution in [3.63, 3.8) is 0 Å². The van der Waals surface area contributed by atoms with Gasteiger partial charge in [-0.3, -0.25) is 0 Å². The number of carboxylic acids is 1. The third-order valence-electron chi connectivity index (χ3n) is 3.89. The van der Waals surface area contributed by atoms with Gasteiger partial charge in [0.15, 0.2) is 0 Å². The number of thiophene rings is 1. The highest BCUT2D eigenvalue weighted by molar-refractivity contribution is 7.20. The minimum absolute atomic E-state index is 0.347. The first-order chi connectivity index (χ1) is 10.1. The van der Waals surface area contributed by atoms with E-state index in [0.717, 1.165) is 47.7 Å². The highest BCUT2D eigenvalue weighted by Crippen LogP contribution is 2.36. The fourth-order valence-corrected chi connectivity index (χ4v) is 3.88. The summed E-state index contributed by atoms with van der Waals surface area (Å²) in [5, 5.41) is 10.1. The van der Waals surface area contributed by atoms with Crippen LogP contribution in [0, 0.1) is 12.8 Å². The molecule has 3 rings (SSSR count). The molecule has 1 atom stereocenters. The first-order valence-corrected chi connectivity index (χ1v) is 7.64. The number of aromatic carboxylic acids is 1. The van der Waals surface area contributed by atoms with Crippen LogP contribution in [0.5, 0.6) is 0 Å². The molecule has 0 radical (unpaired) electrons. The second kappa shape index (κ2) is 5.57. The molecular weight excluding hydrogens is 290 g/mol. The van der Waals surface area contributed by atoms with Gasteiger partial charge in [-0.25, -0.2) is 14.8 Å². The van der Waals surface area contributed by atoms with Gasteiger partial charge in [0.1, 0.15) is 21.9 Å². The Morgan fingerprint density at radius 1 is 1.57 bits per heavy atom. The molecule has 0 amide bonds. The van der Waals surface area contributed by atoms with E-state index in [1.54, 1.807) is 7.11 Å². The van der Waals surface area contributed by atoms with Gasteiger partial charge in [-0.1, -0.05) is 0 Å². The zero-order valence-electron chi connectivity index (χ0n) is 12.0. The lowest BCUT2D eigenvalue weighted by Gasteiger charge is -2.18. The molecule has 1 N–H and O–H groups in total. The van der Waals surface area contributed by atoms with E-state index in [2.05, 4.69) is 14.9 Å². The molecule has 1 fully saturated rings. The third-order valence-corrected chi connectivity index (χ3v) is 5.08. The van der Waals surface area contributed by atoms with Crippen molar-refractivity contribution in [1.29, 1.82) is 0 Å². The van der Waals surface area contributed by atoms with Crippen LogP contribution in [0.1, 0.15) is 21.7 Å². The van der Waals surface area contributed by atoms with Gasteiger partial charge in [0, 0.05) is 26.1 Å². The van der Waals surface area contributed by atoms with Gasteiger partial charge in [-0.15, -0.1) is 11.3 Å². The van der Waals surface area contributed by atoms with Crippen LogP contribution in [0.4, 0.5) is 5.82 Å². The summed E-state index contributed by atoms with van der Waals surface area (Å²) >= 11 is 1.21.